The fourth-order valence-electron chi connectivity index (χ4n) is 1.76. The molecule has 0 aliphatic rings. The van der Waals surface area contributed by atoms with Crippen LogP contribution in [0.15, 0.2) is 0 Å². The molecule has 0 bridgehead atoms. The number of alkyl halides is 15. The van der Waals surface area contributed by atoms with Crippen LogP contribution in [-0.2, 0) is 4.74 Å². The highest BCUT2D eigenvalue weighted by molar-refractivity contribution is 5.10. The summed E-state index contributed by atoms with van der Waals surface area (Å²) in [6.45, 7) is 0.101. The first kappa shape index (κ1) is 27.9. The molecule has 0 aromatic heterocycles. The summed E-state index contributed by atoms with van der Waals surface area (Å²) in [5.74, 6) is -37.3. The van der Waals surface area contributed by atoms with Crippen LogP contribution in [0.4, 0.5) is 65.9 Å². The van der Waals surface area contributed by atoms with E-state index >= 15 is 0 Å². The lowest BCUT2D eigenvalue weighted by Gasteiger charge is -2.41. The van der Waals surface area contributed by atoms with Gasteiger partial charge in [0.05, 0.1) is 0 Å². The molecular weight excluding hydrogens is 461 g/mol. The molecule has 0 aliphatic heterocycles. The molecule has 0 aromatic rings. The average Bonchev–Trinajstić information content (AvgIpc) is 2.42. The second-order valence-electron chi connectivity index (χ2n) is 5.70. The first-order valence-electron chi connectivity index (χ1n) is 7.07. The molecule has 0 spiro atoms. The van der Waals surface area contributed by atoms with E-state index in [-0.39, 0.29) is 6.92 Å². The van der Waals surface area contributed by atoms with Gasteiger partial charge in [0, 0.05) is 12.8 Å². The van der Waals surface area contributed by atoms with Crippen LogP contribution in [-0.4, -0.2) is 53.3 Å². The Balaban J connectivity index is 6.02. The number of hydrogen-bond acceptors (Lipinski definition) is 2. The zero-order valence-electron chi connectivity index (χ0n) is 13.7. The second-order valence-corrected chi connectivity index (χ2v) is 5.70. The van der Waals surface area contributed by atoms with E-state index in [1.54, 1.807) is 0 Å². The van der Waals surface area contributed by atoms with Crippen molar-refractivity contribution < 1.29 is 75.7 Å². The number of aliphatic hydroxyl groups excluding tert-OH is 1. The fourth-order valence-corrected chi connectivity index (χ4v) is 1.76. The zero-order chi connectivity index (χ0) is 23.9. The molecule has 0 radical (unpaired) electrons. The summed E-state index contributed by atoms with van der Waals surface area (Å²) >= 11 is 0. The third-order valence-electron chi connectivity index (χ3n) is 3.28. The van der Waals surface area contributed by atoms with Crippen LogP contribution >= 0.6 is 0 Å². The highest BCUT2D eigenvalue weighted by Gasteiger charge is 2.90. The van der Waals surface area contributed by atoms with Crippen molar-refractivity contribution in [2.24, 2.45) is 0 Å². The van der Waals surface area contributed by atoms with Gasteiger partial charge in [0.1, 0.15) is 0 Å². The van der Waals surface area contributed by atoms with Crippen molar-refractivity contribution >= 4 is 0 Å². The Morgan fingerprint density at radius 2 is 1.00 bits per heavy atom. The topological polar surface area (TPSA) is 29.5 Å². The van der Waals surface area contributed by atoms with Gasteiger partial charge in [0.2, 0.25) is 0 Å². The van der Waals surface area contributed by atoms with E-state index < -0.39 is 67.5 Å². The highest BCUT2D eigenvalue weighted by Crippen LogP contribution is 2.60. The minimum Gasteiger partial charge on any atom is -0.368 e. The van der Waals surface area contributed by atoms with E-state index in [0.717, 1.165) is 0 Å². The first-order chi connectivity index (χ1) is 12.4. The standard InChI is InChI=1S/C12H11F15O2/c1-5(28)29-12(26,27)11(24,25)10(22,23)9(20,21)8(18,19)6(13,14)3-2-4-7(15,16)17/h5,28H,2-4H2,1H3. The van der Waals surface area contributed by atoms with Crippen molar-refractivity contribution in [1.82, 2.24) is 0 Å². The van der Waals surface area contributed by atoms with E-state index in [1.165, 1.54) is 0 Å². The first-order valence-corrected chi connectivity index (χ1v) is 7.07. The van der Waals surface area contributed by atoms with Gasteiger partial charge in [-0.25, -0.2) is 0 Å². The maximum atomic E-state index is 13.4. The number of rotatable bonds is 10. The SMILES string of the molecule is CC(O)OC(F)(F)C(F)(F)C(F)(F)C(F)(F)C(F)(F)C(F)(F)CCCC(F)(F)F. The van der Waals surface area contributed by atoms with Gasteiger partial charge in [0.25, 0.3) is 0 Å². The fraction of sp³-hybridized carbons (Fsp3) is 1.00. The molecule has 0 amide bonds. The van der Waals surface area contributed by atoms with Crippen LogP contribution in [0, 0.1) is 0 Å². The molecule has 0 heterocycles. The Kier molecular flexibility index (Phi) is 7.54. The summed E-state index contributed by atoms with van der Waals surface area (Å²) in [5.41, 5.74) is 0. The lowest BCUT2D eigenvalue weighted by Crippen LogP contribution is -2.71. The lowest BCUT2D eigenvalue weighted by atomic mass is 9.91. The monoisotopic (exact) mass is 472 g/mol. The number of halogens is 15. The van der Waals surface area contributed by atoms with Gasteiger partial charge in [-0.05, 0) is 13.3 Å². The molecular formula is C12H11F15O2. The highest BCUT2D eigenvalue weighted by atomic mass is 19.4. The lowest BCUT2D eigenvalue weighted by molar-refractivity contribution is -0.468. The maximum Gasteiger partial charge on any atom is 0.428 e. The summed E-state index contributed by atoms with van der Waals surface area (Å²) < 4.78 is 197. The zero-order valence-corrected chi connectivity index (χ0v) is 13.7. The number of hydrogen-bond donors (Lipinski definition) is 1. The summed E-state index contributed by atoms with van der Waals surface area (Å²) in [4.78, 5) is 0. The van der Waals surface area contributed by atoms with Crippen LogP contribution in [0.5, 0.6) is 0 Å². The van der Waals surface area contributed by atoms with Crippen molar-refractivity contribution in [3.63, 3.8) is 0 Å². The molecule has 1 atom stereocenters. The van der Waals surface area contributed by atoms with Gasteiger partial charge in [-0.15, -0.1) is 0 Å². The van der Waals surface area contributed by atoms with Crippen molar-refractivity contribution in [2.75, 3.05) is 0 Å². The van der Waals surface area contributed by atoms with E-state index in [0.29, 0.717) is 0 Å². The molecule has 0 rings (SSSR count). The minimum atomic E-state index is -7.92. The van der Waals surface area contributed by atoms with Crippen molar-refractivity contribution in [3.05, 3.63) is 0 Å². The molecule has 0 fully saturated rings. The van der Waals surface area contributed by atoms with E-state index in [2.05, 4.69) is 4.74 Å². The van der Waals surface area contributed by atoms with Crippen LogP contribution in [0.2, 0.25) is 0 Å². The van der Waals surface area contributed by atoms with Gasteiger partial charge in [-0.3, -0.25) is 4.74 Å². The summed E-state index contributed by atoms with van der Waals surface area (Å²) in [7, 11) is 0. The van der Waals surface area contributed by atoms with Crippen molar-refractivity contribution in [3.8, 4) is 0 Å². The summed E-state index contributed by atoms with van der Waals surface area (Å²) in [6, 6.07) is 0. The molecule has 0 saturated carbocycles. The third kappa shape index (κ3) is 5.14. The number of aliphatic hydroxyl groups is 1. The van der Waals surface area contributed by atoms with E-state index in [1.807, 2.05) is 0 Å². The van der Waals surface area contributed by atoms with Crippen LogP contribution < -0.4 is 0 Å². The number of ether oxygens (including phenoxy) is 1. The third-order valence-corrected chi connectivity index (χ3v) is 3.28. The summed E-state index contributed by atoms with van der Waals surface area (Å²) in [6.07, 6.45) is -22.1. The van der Waals surface area contributed by atoms with E-state index in [9.17, 15) is 65.9 Å². The molecule has 0 aromatic carbocycles. The van der Waals surface area contributed by atoms with Gasteiger partial charge in [0.15, 0.2) is 6.29 Å². The predicted octanol–water partition coefficient (Wildman–Crippen LogP) is 5.84. The van der Waals surface area contributed by atoms with E-state index in [4.69, 9.17) is 5.11 Å². The molecule has 17 heteroatoms. The molecule has 176 valence electrons. The Hall–Kier alpha value is -1.13. The second kappa shape index (κ2) is 7.85. The van der Waals surface area contributed by atoms with Crippen LogP contribution in [0.25, 0.3) is 0 Å². The van der Waals surface area contributed by atoms with Gasteiger partial charge in [-0.2, -0.15) is 65.9 Å². The molecule has 29 heavy (non-hydrogen) atoms. The smallest absolute Gasteiger partial charge is 0.368 e. The Morgan fingerprint density at radius 1 is 0.621 bits per heavy atom. The maximum absolute atomic E-state index is 13.4. The van der Waals surface area contributed by atoms with Gasteiger partial charge in [-0.1, -0.05) is 0 Å². The van der Waals surface area contributed by atoms with Gasteiger partial charge < -0.3 is 5.11 Å². The largest absolute Gasteiger partial charge is 0.428 e. The Morgan fingerprint density at radius 3 is 1.34 bits per heavy atom. The molecule has 0 saturated heterocycles. The van der Waals surface area contributed by atoms with Crippen molar-refractivity contribution in [1.29, 1.82) is 0 Å². The molecule has 1 N–H and O–H groups in total. The normalized spacial score (nSPS) is 16.9. The average molecular weight is 472 g/mol. The van der Waals surface area contributed by atoms with Crippen molar-refractivity contribution in [2.45, 2.75) is 74.4 Å². The predicted molar refractivity (Wildman–Crippen MR) is 62.4 cm³/mol. The molecule has 2 nitrogen and oxygen atoms in total. The summed E-state index contributed by atoms with van der Waals surface area (Å²) in [5, 5.41) is 8.34. The van der Waals surface area contributed by atoms with Gasteiger partial charge >= 0.3 is 41.9 Å². The quantitative estimate of drug-likeness (QED) is 0.320. The minimum absolute atomic E-state index is 0.101. The Labute approximate surface area is 151 Å². The van der Waals surface area contributed by atoms with Crippen LogP contribution in [0.1, 0.15) is 26.2 Å². The van der Waals surface area contributed by atoms with Crippen LogP contribution in [0.3, 0.4) is 0 Å². The molecule has 1 unspecified atom stereocenters. The molecule has 0 aliphatic carbocycles. The Bertz CT molecular complexity index is 552.